The van der Waals surface area contributed by atoms with Gasteiger partial charge in [-0.2, -0.15) is 0 Å². The first kappa shape index (κ1) is 24.4. The normalized spacial score (nSPS) is 32.9. The summed E-state index contributed by atoms with van der Waals surface area (Å²) in [6, 6.07) is 20.1. The van der Waals surface area contributed by atoms with E-state index in [1.54, 1.807) is 7.11 Å². The summed E-state index contributed by atoms with van der Waals surface area (Å²) >= 11 is 0. The lowest BCUT2D eigenvalue weighted by Crippen LogP contribution is -2.83. The van der Waals surface area contributed by atoms with Crippen molar-refractivity contribution >= 4 is 5.91 Å². The summed E-state index contributed by atoms with van der Waals surface area (Å²) in [7, 11) is 1.75. The molecule has 0 bridgehead atoms. The number of carbonyl (C=O) groups is 1. The highest BCUT2D eigenvalue weighted by atomic mass is 16.5. The van der Waals surface area contributed by atoms with Crippen molar-refractivity contribution in [3.63, 3.8) is 0 Å². The second-order valence-electron chi connectivity index (χ2n) is 12.2. The number of carbonyl (C=O) groups excluding carboxylic acids is 1. The Bertz CT molecular complexity index is 1170. The molecule has 5 aliphatic rings. The molecule has 2 aromatic carbocycles. The van der Waals surface area contributed by atoms with E-state index in [1.807, 2.05) is 6.07 Å². The van der Waals surface area contributed by atoms with E-state index in [0.717, 1.165) is 55.9 Å². The lowest BCUT2D eigenvalue weighted by atomic mass is 9.56. The maximum absolute atomic E-state index is 13.3. The number of rotatable bonds is 7. The van der Waals surface area contributed by atoms with Crippen LogP contribution < -0.4 is 4.74 Å². The first-order chi connectivity index (χ1) is 18.7. The SMILES string of the molecule is C=CCN1C2CCC3N(C(c4ccc(C(=O)N5CCCCCC5)cc4)c4cccc(OC)c4)C4CCC1C234. The molecule has 5 nitrogen and oxygen atoms in total. The van der Waals surface area contributed by atoms with Gasteiger partial charge in [0.25, 0.3) is 5.91 Å². The Balaban J connectivity index is 1.21. The molecule has 1 spiro atoms. The standard InChI is InChI=1S/C33H41N3O2/c1-3-19-35-27-15-17-29-33(27)28(35)16-18-30(33)36(29)31(25-9-8-10-26(22-25)38-2)23-11-13-24(14-12-23)32(37)34-20-6-4-5-7-21-34/h3,8-14,22,27-31H,1,4-7,15-21H2,2H3. The molecule has 0 aromatic heterocycles. The monoisotopic (exact) mass is 511 g/mol. The molecule has 0 N–H and O–H groups in total. The molecule has 5 atom stereocenters. The van der Waals surface area contributed by atoms with Gasteiger partial charge in [-0.25, -0.2) is 0 Å². The van der Waals surface area contributed by atoms with Crippen LogP contribution in [0.3, 0.4) is 0 Å². The van der Waals surface area contributed by atoms with E-state index in [0.29, 0.717) is 17.5 Å². The van der Waals surface area contributed by atoms with E-state index in [2.05, 4.69) is 69.8 Å². The minimum absolute atomic E-state index is 0.180. The Hall–Kier alpha value is -2.63. The summed E-state index contributed by atoms with van der Waals surface area (Å²) in [4.78, 5) is 21.0. The summed E-state index contributed by atoms with van der Waals surface area (Å²) < 4.78 is 5.65. The average Bonchev–Trinajstić information content (AvgIpc) is 3.21. The molecule has 200 valence electrons. The van der Waals surface area contributed by atoms with Crippen LogP contribution in [0.2, 0.25) is 0 Å². The molecule has 7 rings (SSSR count). The first-order valence-corrected chi connectivity index (χ1v) is 14.9. The van der Waals surface area contributed by atoms with E-state index in [1.165, 1.54) is 49.7 Å². The van der Waals surface area contributed by atoms with Crippen molar-refractivity contribution < 1.29 is 9.53 Å². The first-order valence-electron chi connectivity index (χ1n) is 14.9. The number of amides is 1. The minimum Gasteiger partial charge on any atom is -0.497 e. The Kier molecular flexibility index (Phi) is 6.12. The zero-order valence-electron chi connectivity index (χ0n) is 22.7. The second-order valence-corrected chi connectivity index (χ2v) is 12.2. The van der Waals surface area contributed by atoms with Gasteiger partial charge in [0.2, 0.25) is 0 Å². The molecule has 38 heavy (non-hydrogen) atoms. The fourth-order valence-corrected chi connectivity index (χ4v) is 9.33. The van der Waals surface area contributed by atoms with E-state index in [4.69, 9.17) is 4.74 Å². The van der Waals surface area contributed by atoms with Crippen molar-refractivity contribution in [1.29, 1.82) is 0 Å². The Labute approximate surface area is 227 Å². The van der Waals surface area contributed by atoms with Gasteiger partial charge < -0.3 is 9.64 Å². The Morgan fingerprint density at radius 3 is 2.24 bits per heavy atom. The van der Waals surface area contributed by atoms with Crippen molar-refractivity contribution in [2.24, 2.45) is 5.41 Å². The summed E-state index contributed by atoms with van der Waals surface area (Å²) in [5.74, 6) is 1.10. The zero-order chi connectivity index (χ0) is 25.9. The summed E-state index contributed by atoms with van der Waals surface area (Å²) in [6.07, 6.45) is 12.0. The van der Waals surface area contributed by atoms with Gasteiger partial charge in [-0.3, -0.25) is 14.6 Å². The summed E-state index contributed by atoms with van der Waals surface area (Å²) in [5, 5.41) is 0. The highest BCUT2D eigenvalue weighted by Gasteiger charge is 2.80. The van der Waals surface area contributed by atoms with Crippen LogP contribution in [0.1, 0.15) is 78.9 Å². The molecular weight excluding hydrogens is 470 g/mol. The van der Waals surface area contributed by atoms with Gasteiger partial charge >= 0.3 is 0 Å². The maximum Gasteiger partial charge on any atom is 0.253 e. The van der Waals surface area contributed by atoms with Gasteiger partial charge in [-0.1, -0.05) is 43.2 Å². The van der Waals surface area contributed by atoms with Gasteiger partial charge in [-0.15, -0.1) is 6.58 Å². The molecule has 2 saturated carbocycles. The third-order valence-electron chi connectivity index (χ3n) is 10.7. The molecule has 5 unspecified atom stereocenters. The van der Waals surface area contributed by atoms with E-state index in [9.17, 15) is 4.79 Å². The number of hydrogen-bond donors (Lipinski definition) is 0. The number of likely N-dealkylation sites (tertiary alicyclic amines) is 3. The Morgan fingerprint density at radius 1 is 0.947 bits per heavy atom. The number of benzene rings is 2. The molecule has 0 radical (unpaired) electrons. The largest absolute Gasteiger partial charge is 0.497 e. The quantitative estimate of drug-likeness (QED) is 0.449. The van der Waals surface area contributed by atoms with Gasteiger partial charge in [0, 0.05) is 54.8 Å². The molecule has 2 aromatic rings. The molecule has 3 saturated heterocycles. The average molecular weight is 512 g/mol. The zero-order valence-corrected chi connectivity index (χ0v) is 22.7. The van der Waals surface area contributed by atoms with E-state index < -0.39 is 0 Å². The van der Waals surface area contributed by atoms with Crippen LogP contribution in [0.15, 0.2) is 61.2 Å². The van der Waals surface area contributed by atoms with Crippen molar-refractivity contribution in [2.75, 3.05) is 26.7 Å². The molecule has 3 heterocycles. The summed E-state index contributed by atoms with van der Waals surface area (Å²) in [6.45, 7) is 6.84. The fourth-order valence-electron chi connectivity index (χ4n) is 9.33. The third-order valence-corrected chi connectivity index (χ3v) is 10.7. The molecule has 3 aliphatic heterocycles. The highest BCUT2D eigenvalue weighted by Crippen LogP contribution is 2.72. The topological polar surface area (TPSA) is 36.0 Å². The third kappa shape index (κ3) is 3.40. The van der Waals surface area contributed by atoms with Crippen molar-refractivity contribution in [1.82, 2.24) is 14.7 Å². The Morgan fingerprint density at radius 2 is 1.61 bits per heavy atom. The molecule has 5 heteroatoms. The fraction of sp³-hybridized carbons (Fsp3) is 0.545. The van der Waals surface area contributed by atoms with Gasteiger partial charge in [0.05, 0.1) is 13.2 Å². The van der Waals surface area contributed by atoms with Gasteiger partial charge in [-0.05, 0) is 73.9 Å². The predicted octanol–water partition coefficient (Wildman–Crippen LogP) is 5.67. The number of hydrogen-bond acceptors (Lipinski definition) is 4. The van der Waals surface area contributed by atoms with Crippen LogP contribution in [-0.2, 0) is 0 Å². The molecule has 2 aliphatic carbocycles. The van der Waals surface area contributed by atoms with Gasteiger partial charge in [0.1, 0.15) is 5.75 Å². The van der Waals surface area contributed by atoms with Gasteiger partial charge in [0.15, 0.2) is 0 Å². The smallest absolute Gasteiger partial charge is 0.253 e. The van der Waals surface area contributed by atoms with Crippen LogP contribution in [0, 0.1) is 5.41 Å². The van der Waals surface area contributed by atoms with Crippen molar-refractivity contribution in [3.05, 3.63) is 77.9 Å². The number of nitrogens with zero attached hydrogens (tertiary/aromatic N) is 3. The van der Waals surface area contributed by atoms with Crippen molar-refractivity contribution in [2.45, 2.75) is 81.6 Å². The minimum atomic E-state index is 0.180. The molecular formula is C33H41N3O2. The molecule has 5 fully saturated rings. The van der Waals surface area contributed by atoms with Crippen molar-refractivity contribution in [3.8, 4) is 5.75 Å². The van der Waals surface area contributed by atoms with Crippen LogP contribution in [-0.4, -0.2) is 71.5 Å². The second kappa shape index (κ2) is 9.53. The lowest BCUT2D eigenvalue weighted by Gasteiger charge is -2.72. The predicted molar refractivity (Wildman–Crippen MR) is 150 cm³/mol. The highest BCUT2D eigenvalue weighted by molar-refractivity contribution is 5.94. The van der Waals surface area contributed by atoms with Crippen LogP contribution in [0.4, 0.5) is 0 Å². The van der Waals surface area contributed by atoms with E-state index >= 15 is 0 Å². The molecule has 1 amide bonds. The maximum atomic E-state index is 13.3. The van der Waals surface area contributed by atoms with Crippen LogP contribution >= 0.6 is 0 Å². The number of methoxy groups -OCH3 is 1. The van der Waals surface area contributed by atoms with Crippen LogP contribution in [0.5, 0.6) is 5.75 Å². The lowest BCUT2D eigenvalue weighted by molar-refractivity contribution is -0.235. The van der Waals surface area contributed by atoms with Crippen LogP contribution in [0.25, 0.3) is 0 Å². The number of ether oxygens (including phenoxy) is 1. The summed E-state index contributed by atoms with van der Waals surface area (Å²) in [5.41, 5.74) is 3.87. The van der Waals surface area contributed by atoms with E-state index in [-0.39, 0.29) is 11.9 Å².